The van der Waals surface area contributed by atoms with E-state index in [1.165, 1.54) is 0 Å². The Hall–Kier alpha value is -0.720. The Labute approximate surface area is 81.0 Å². The van der Waals surface area contributed by atoms with Crippen molar-refractivity contribution in [1.82, 2.24) is 10.1 Å². The molecule has 0 saturated carbocycles. The fraction of sp³-hybridized carbons (Fsp3) is 0.714. The first-order chi connectivity index (χ1) is 6.33. The van der Waals surface area contributed by atoms with Crippen LogP contribution in [-0.4, -0.2) is 37.1 Å². The molecule has 0 fully saturated rings. The van der Waals surface area contributed by atoms with Crippen LogP contribution < -0.4 is 0 Å². The molecular formula is C7H12N2O3S. The Kier molecular flexibility index (Phi) is 4.66. The second kappa shape index (κ2) is 5.85. The lowest BCUT2D eigenvalue weighted by Crippen LogP contribution is -2.05. The van der Waals surface area contributed by atoms with Crippen LogP contribution in [0.5, 0.6) is 0 Å². The maximum atomic E-state index is 5.23. The molecule has 0 bridgehead atoms. The predicted molar refractivity (Wildman–Crippen MR) is 48.1 cm³/mol. The van der Waals surface area contributed by atoms with Crippen molar-refractivity contribution in [2.45, 2.75) is 6.42 Å². The monoisotopic (exact) mass is 204 g/mol. The van der Waals surface area contributed by atoms with Gasteiger partial charge in [-0.15, -0.1) is 0 Å². The third-order valence-electron chi connectivity index (χ3n) is 1.40. The average Bonchev–Trinajstić information content (AvgIpc) is 2.51. The van der Waals surface area contributed by atoms with Crippen LogP contribution in [-0.2, 0) is 15.9 Å². The van der Waals surface area contributed by atoms with Crippen LogP contribution >= 0.6 is 12.2 Å². The molecule has 0 aliphatic rings. The van der Waals surface area contributed by atoms with Gasteiger partial charge < -0.3 is 14.0 Å². The lowest BCUT2D eigenvalue weighted by atomic mass is 10.4. The third kappa shape index (κ3) is 4.16. The number of aromatic amines is 1. The Morgan fingerprint density at radius 2 is 2.31 bits per heavy atom. The summed E-state index contributed by atoms with van der Waals surface area (Å²) in [5.41, 5.74) is 0. The number of methoxy groups -OCH3 is 1. The van der Waals surface area contributed by atoms with Crippen LogP contribution in [0.25, 0.3) is 0 Å². The van der Waals surface area contributed by atoms with E-state index in [4.69, 9.17) is 14.0 Å². The van der Waals surface area contributed by atoms with Gasteiger partial charge in [-0.2, -0.15) is 4.98 Å². The predicted octanol–water partition coefficient (Wildman–Crippen LogP) is 0.938. The number of hydrogen-bond acceptors (Lipinski definition) is 5. The zero-order valence-corrected chi connectivity index (χ0v) is 8.23. The molecule has 1 N–H and O–H groups in total. The summed E-state index contributed by atoms with van der Waals surface area (Å²) in [6, 6.07) is 0. The Morgan fingerprint density at radius 3 is 2.92 bits per heavy atom. The first-order valence-electron chi connectivity index (χ1n) is 3.94. The van der Waals surface area contributed by atoms with Gasteiger partial charge in [-0.05, 0) is 12.2 Å². The van der Waals surface area contributed by atoms with E-state index in [2.05, 4.69) is 22.4 Å². The normalized spacial score (nSPS) is 10.5. The van der Waals surface area contributed by atoms with Crippen molar-refractivity contribution in [3.05, 3.63) is 10.7 Å². The highest BCUT2D eigenvalue weighted by Crippen LogP contribution is 1.92. The lowest BCUT2D eigenvalue weighted by Gasteiger charge is -2.00. The minimum atomic E-state index is 0.229. The molecule has 0 saturated heterocycles. The van der Waals surface area contributed by atoms with Crippen molar-refractivity contribution in [3.8, 4) is 0 Å². The molecule has 13 heavy (non-hydrogen) atoms. The molecule has 5 nitrogen and oxygen atoms in total. The molecule has 74 valence electrons. The molecular weight excluding hydrogens is 192 g/mol. The van der Waals surface area contributed by atoms with Gasteiger partial charge in [-0.3, -0.25) is 0 Å². The number of H-pyrrole nitrogens is 1. The molecule has 0 aliphatic carbocycles. The highest BCUT2D eigenvalue weighted by Gasteiger charge is 1.97. The lowest BCUT2D eigenvalue weighted by molar-refractivity contribution is 0.0714. The first-order valence-corrected chi connectivity index (χ1v) is 4.35. The van der Waals surface area contributed by atoms with Crippen molar-refractivity contribution in [1.29, 1.82) is 0 Å². The molecule has 0 atom stereocenters. The number of aromatic nitrogens is 2. The van der Waals surface area contributed by atoms with Crippen LogP contribution in [0.1, 0.15) is 5.82 Å². The van der Waals surface area contributed by atoms with Gasteiger partial charge in [0.1, 0.15) is 5.82 Å². The molecule has 1 heterocycles. The number of nitrogens with one attached hydrogen (secondary N) is 1. The van der Waals surface area contributed by atoms with Crippen LogP contribution in [0.2, 0.25) is 0 Å². The topological polar surface area (TPSA) is 60.3 Å². The molecule has 0 spiro atoms. The van der Waals surface area contributed by atoms with E-state index >= 15 is 0 Å². The molecule has 0 aliphatic heterocycles. The quantitative estimate of drug-likeness (QED) is 0.552. The van der Waals surface area contributed by atoms with E-state index in [0.717, 1.165) is 0 Å². The molecule has 0 radical (unpaired) electrons. The fourth-order valence-electron chi connectivity index (χ4n) is 0.778. The smallest absolute Gasteiger partial charge is 0.314 e. The summed E-state index contributed by atoms with van der Waals surface area (Å²) in [7, 11) is 1.64. The zero-order valence-electron chi connectivity index (χ0n) is 7.41. The van der Waals surface area contributed by atoms with E-state index in [1.54, 1.807) is 7.11 Å². The summed E-state index contributed by atoms with van der Waals surface area (Å²) in [4.78, 5) is 4.14. The molecule has 0 amide bonds. The zero-order chi connectivity index (χ0) is 9.52. The van der Waals surface area contributed by atoms with E-state index in [9.17, 15) is 0 Å². The summed E-state index contributed by atoms with van der Waals surface area (Å²) in [5.74, 6) is 0.711. The molecule has 6 heteroatoms. The molecule has 1 aromatic rings. The van der Waals surface area contributed by atoms with Crippen molar-refractivity contribution < 1.29 is 14.0 Å². The fourth-order valence-corrected chi connectivity index (χ4v) is 0.930. The number of rotatable bonds is 6. The van der Waals surface area contributed by atoms with Gasteiger partial charge in [-0.1, -0.05) is 0 Å². The van der Waals surface area contributed by atoms with Crippen molar-refractivity contribution >= 4 is 12.2 Å². The van der Waals surface area contributed by atoms with Crippen LogP contribution in [0, 0.1) is 4.84 Å². The van der Waals surface area contributed by atoms with E-state index in [-0.39, 0.29) is 4.84 Å². The highest BCUT2D eigenvalue weighted by molar-refractivity contribution is 7.71. The number of ether oxygens (including phenoxy) is 2. The minimum Gasteiger partial charge on any atom is -0.382 e. The second-order valence-electron chi connectivity index (χ2n) is 2.38. The van der Waals surface area contributed by atoms with Crippen molar-refractivity contribution in [3.63, 3.8) is 0 Å². The summed E-state index contributed by atoms with van der Waals surface area (Å²) in [6.07, 6.45) is 0.670. The van der Waals surface area contributed by atoms with Gasteiger partial charge in [0, 0.05) is 13.5 Å². The van der Waals surface area contributed by atoms with Gasteiger partial charge in [0.2, 0.25) is 0 Å². The first kappa shape index (κ1) is 10.4. The van der Waals surface area contributed by atoms with Gasteiger partial charge in [0.15, 0.2) is 0 Å². The molecule has 1 rings (SSSR count). The highest BCUT2D eigenvalue weighted by atomic mass is 32.1. The third-order valence-corrected chi connectivity index (χ3v) is 1.57. The van der Waals surface area contributed by atoms with Crippen molar-refractivity contribution in [2.24, 2.45) is 0 Å². The van der Waals surface area contributed by atoms with Crippen LogP contribution in [0.3, 0.4) is 0 Å². The Balaban J connectivity index is 2.09. The number of nitrogens with zero attached hydrogens (tertiary/aromatic N) is 1. The Morgan fingerprint density at radius 1 is 1.46 bits per heavy atom. The molecule has 0 unspecified atom stereocenters. The molecule has 0 aromatic carbocycles. The Bertz CT molecular complexity index is 283. The van der Waals surface area contributed by atoms with Gasteiger partial charge in [0.05, 0.1) is 19.8 Å². The van der Waals surface area contributed by atoms with Gasteiger partial charge in [-0.25, -0.2) is 5.16 Å². The number of hydrogen-bond donors (Lipinski definition) is 1. The van der Waals surface area contributed by atoms with Crippen LogP contribution in [0.15, 0.2) is 4.52 Å². The van der Waals surface area contributed by atoms with E-state index in [0.29, 0.717) is 32.1 Å². The maximum Gasteiger partial charge on any atom is 0.314 e. The van der Waals surface area contributed by atoms with Gasteiger partial charge >= 0.3 is 4.84 Å². The maximum absolute atomic E-state index is 5.23. The summed E-state index contributed by atoms with van der Waals surface area (Å²) >= 11 is 4.68. The second-order valence-corrected chi connectivity index (χ2v) is 2.73. The summed E-state index contributed by atoms with van der Waals surface area (Å²) < 4.78 is 14.8. The summed E-state index contributed by atoms with van der Waals surface area (Å²) in [5, 5.41) is 2.59. The minimum absolute atomic E-state index is 0.229. The van der Waals surface area contributed by atoms with Crippen LogP contribution in [0.4, 0.5) is 0 Å². The average molecular weight is 204 g/mol. The molecule has 1 aromatic heterocycles. The van der Waals surface area contributed by atoms with E-state index in [1.807, 2.05) is 0 Å². The van der Waals surface area contributed by atoms with Gasteiger partial charge in [0.25, 0.3) is 0 Å². The largest absolute Gasteiger partial charge is 0.382 e. The SMILES string of the molecule is COCCOCCc1nc(=S)o[nH]1. The van der Waals surface area contributed by atoms with E-state index < -0.39 is 0 Å². The standard InChI is InChI=1S/C7H12N2O3S/c1-10-4-5-11-3-2-6-8-7(13)12-9-6/h2-5H2,1H3,(H,8,9,13). The summed E-state index contributed by atoms with van der Waals surface area (Å²) in [6.45, 7) is 1.78. The van der Waals surface area contributed by atoms with Crippen molar-refractivity contribution in [2.75, 3.05) is 26.9 Å².